The molecule has 3 N–H and O–H groups in total. The summed E-state index contributed by atoms with van der Waals surface area (Å²) in [5.41, 5.74) is 8.22. The zero-order valence-corrected chi connectivity index (χ0v) is 14.4. The summed E-state index contributed by atoms with van der Waals surface area (Å²) in [5.74, 6) is -0.790. The first-order valence-electron chi connectivity index (χ1n) is 8.67. The molecule has 1 aliphatic rings. The summed E-state index contributed by atoms with van der Waals surface area (Å²) in [6.07, 6.45) is 4.62. The Morgan fingerprint density at radius 1 is 1.08 bits per heavy atom. The third-order valence-corrected chi connectivity index (χ3v) is 4.26. The Morgan fingerprint density at radius 3 is 2.31 bits per heavy atom. The standard InChI is InChI=1S/C21H21FN2O2/c22-17-8-3-15(4-9-17)13-19(21(26)24-18-10-11-18)16-6-1-14(2-7-16)5-12-20(23)25/h1-4,6-9,13,18H,5,10-12H2,(H2,23,25)(H,24,26)/b19-13+. The summed E-state index contributed by atoms with van der Waals surface area (Å²) in [6, 6.07) is 13.8. The lowest BCUT2D eigenvalue weighted by molar-refractivity contribution is -0.118. The first-order valence-corrected chi connectivity index (χ1v) is 8.67. The van der Waals surface area contributed by atoms with Crippen LogP contribution in [-0.4, -0.2) is 17.9 Å². The van der Waals surface area contributed by atoms with Gasteiger partial charge in [0.1, 0.15) is 5.82 Å². The first-order chi connectivity index (χ1) is 12.5. The van der Waals surface area contributed by atoms with Crippen LogP contribution in [0.5, 0.6) is 0 Å². The van der Waals surface area contributed by atoms with E-state index in [0.717, 1.165) is 29.5 Å². The Hall–Kier alpha value is -2.95. The van der Waals surface area contributed by atoms with E-state index in [1.807, 2.05) is 24.3 Å². The summed E-state index contributed by atoms with van der Waals surface area (Å²) in [4.78, 5) is 23.6. The molecule has 134 valence electrons. The average Bonchev–Trinajstić information content (AvgIpc) is 3.44. The van der Waals surface area contributed by atoms with E-state index in [9.17, 15) is 14.0 Å². The number of halogens is 1. The number of aryl methyl sites for hydroxylation is 1. The monoisotopic (exact) mass is 352 g/mol. The molecule has 2 aromatic carbocycles. The number of hydrogen-bond donors (Lipinski definition) is 2. The van der Waals surface area contributed by atoms with Crippen LogP contribution < -0.4 is 11.1 Å². The van der Waals surface area contributed by atoms with Crippen molar-refractivity contribution in [3.8, 4) is 0 Å². The van der Waals surface area contributed by atoms with Gasteiger partial charge in [-0.2, -0.15) is 0 Å². The van der Waals surface area contributed by atoms with E-state index in [-0.39, 0.29) is 23.7 Å². The number of amides is 2. The minimum Gasteiger partial charge on any atom is -0.370 e. The van der Waals surface area contributed by atoms with Gasteiger partial charge in [0.05, 0.1) is 0 Å². The molecule has 1 fully saturated rings. The van der Waals surface area contributed by atoms with Crippen molar-refractivity contribution in [3.63, 3.8) is 0 Å². The van der Waals surface area contributed by atoms with Crippen LogP contribution in [0.4, 0.5) is 4.39 Å². The fraction of sp³-hybridized carbons (Fsp3) is 0.238. The fourth-order valence-electron chi connectivity index (χ4n) is 2.61. The molecule has 0 atom stereocenters. The SMILES string of the molecule is NC(=O)CCc1ccc(/C(=C\c2ccc(F)cc2)C(=O)NC2CC2)cc1. The third-order valence-electron chi connectivity index (χ3n) is 4.26. The second kappa shape index (κ2) is 7.95. The van der Waals surface area contributed by atoms with Gasteiger partial charge in [-0.1, -0.05) is 36.4 Å². The van der Waals surface area contributed by atoms with Crippen LogP contribution in [0.2, 0.25) is 0 Å². The molecule has 1 saturated carbocycles. The van der Waals surface area contributed by atoms with Crippen molar-refractivity contribution < 1.29 is 14.0 Å². The van der Waals surface area contributed by atoms with E-state index in [1.165, 1.54) is 12.1 Å². The number of carbonyl (C=O) groups excluding carboxylic acids is 2. The summed E-state index contributed by atoms with van der Waals surface area (Å²) >= 11 is 0. The molecule has 1 aliphatic carbocycles. The van der Waals surface area contributed by atoms with Crippen LogP contribution >= 0.6 is 0 Å². The number of nitrogens with one attached hydrogen (secondary N) is 1. The number of rotatable bonds is 7. The molecular weight excluding hydrogens is 331 g/mol. The van der Waals surface area contributed by atoms with Gasteiger partial charge in [0, 0.05) is 18.0 Å². The lowest BCUT2D eigenvalue weighted by atomic mass is 9.99. The van der Waals surface area contributed by atoms with Gasteiger partial charge in [0.2, 0.25) is 5.91 Å². The highest BCUT2D eigenvalue weighted by molar-refractivity contribution is 6.24. The maximum Gasteiger partial charge on any atom is 0.252 e. The second-order valence-electron chi connectivity index (χ2n) is 6.52. The van der Waals surface area contributed by atoms with Crippen LogP contribution in [0.25, 0.3) is 11.6 Å². The molecule has 0 unspecified atom stereocenters. The fourth-order valence-corrected chi connectivity index (χ4v) is 2.61. The average molecular weight is 352 g/mol. The van der Waals surface area contributed by atoms with E-state index in [0.29, 0.717) is 18.4 Å². The van der Waals surface area contributed by atoms with Gasteiger partial charge in [0.15, 0.2) is 0 Å². The highest BCUT2D eigenvalue weighted by atomic mass is 19.1. The number of carbonyl (C=O) groups is 2. The van der Waals surface area contributed by atoms with Crippen molar-refractivity contribution in [2.75, 3.05) is 0 Å². The summed E-state index contributed by atoms with van der Waals surface area (Å²) in [5, 5.41) is 3.00. The molecule has 2 amide bonds. The van der Waals surface area contributed by atoms with Gasteiger partial charge >= 0.3 is 0 Å². The maximum atomic E-state index is 13.1. The van der Waals surface area contributed by atoms with Crippen molar-refractivity contribution in [2.24, 2.45) is 5.73 Å². The molecule has 3 rings (SSSR count). The van der Waals surface area contributed by atoms with Crippen molar-refractivity contribution in [1.29, 1.82) is 0 Å². The Morgan fingerprint density at radius 2 is 1.73 bits per heavy atom. The molecule has 2 aromatic rings. The summed E-state index contributed by atoms with van der Waals surface area (Å²) in [7, 11) is 0. The highest BCUT2D eigenvalue weighted by Gasteiger charge is 2.25. The largest absolute Gasteiger partial charge is 0.370 e. The van der Waals surface area contributed by atoms with Gasteiger partial charge in [-0.3, -0.25) is 9.59 Å². The predicted octanol–water partition coefficient (Wildman–Crippen LogP) is 3.06. The van der Waals surface area contributed by atoms with E-state index >= 15 is 0 Å². The normalized spacial score (nSPS) is 14.1. The zero-order chi connectivity index (χ0) is 18.5. The van der Waals surface area contributed by atoms with Crippen LogP contribution in [-0.2, 0) is 16.0 Å². The molecule has 0 radical (unpaired) electrons. The van der Waals surface area contributed by atoms with Crippen molar-refractivity contribution in [1.82, 2.24) is 5.32 Å². The third kappa shape index (κ3) is 5.02. The van der Waals surface area contributed by atoms with Gasteiger partial charge in [0.25, 0.3) is 5.91 Å². The molecule has 5 heteroatoms. The van der Waals surface area contributed by atoms with Crippen molar-refractivity contribution >= 4 is 23.5 Å². The van der Waals surface area contributed by atoms with Crippen LogP contribution in [0, 0.1) is 5.82 Å². The molecule has 0 bridgehead atoms. The lowest BCUT2D eigenvalue weighted by Gasteiger charge is -2.10. The van der Waals surface area contributed by atoms with Crippen molar-refractivity contribution in [3.05, 3.63) is 71.0 Å². The Kier molecular flexibility index (Phi) is 5.46. The maximum absolute atomic E-state index is 13.1. The second-order valence-corrected chi connectivity index (χ2v) is 6.52. The number of nitrogens with two attached hydrogens (primary N) is 1. The highest BCUT2D eigenvalue weighted by Crippen LogP contribution is 2.24. The predicted molar refractivity (Wildman–Crippen MR) is 99.4 cm³/mol. The van der Waals surface area contributed by atoms with Crippen LogP contribution in [0.3, 0.4) is 0 Å². The molecular formula is C21H21FN2O2. The molecule has 0 aliphatic heterocycles. The number of primary amides is 1. The number of hydrogen-bond acceptors (Lipinski definition) is 2. The van der Waals surface area contributed by atoms with Crippen LogP contribution in [0.15, 0.2) is 48.5 Å². The van der Waals surface area contributed by atoms with E-state index in [1.54, 1.807) is 18.2 Å². The van der Waals surface area contributed by atoms with E-state index in [4.69, 9.17) is 5.73 Å². The van der Waals surface area contributed by atoms with Gasteiger partial charge in [-0.15, -0.1) is 0 Å². The molecule has 0 heterocycles. The molecule has 0 saturated heterocycles. The van der Waals surface area contributed by atoms with E-state index < -0.39 is 0 Å². The van der Waals surface area contributed by atoms with Gasteiger partial charge < -0.3 is 11.1 Å². The molecule has 26 heavy (non-hydrogen) atoms. The zero-order valence-electron chi connectivity index (χ0n) is 14.4. The van der Waals surface area contributed by atoms with Crippen LogP contribution in [0.1, 0.15) is 36.0 Å². The minimum atomic E-state index is -0.338. The quantitative estimate of drug-likeness (QED) is 0.594. The Balaban J connectivity index is 1.85. The topological polar surface area (TPSA) is 72.2 Å². The molecule has 0 spiro atoms. The first kappa shape index (κ1) is 17.9. The van der Waals surface area contributed by atoms with Gasteiger partial charge in [-0.25, -0.2) is 4.39 Å². The Labute approximate surface area is 151 Å². The van der Waals surface area contributed by atoms with Gasteiger partial charge in [-0.05, 0) is 54.2 Å². The lowest BCUT2D eigenvalue weighted by Crippen LogP contribution is -2.26. The van der Waals surface area contributed by atoms with Crippen molar-refractivity contribution in [2.45, 2.75) is 31.7 Å². The molecule has 4 nitrogen and oxygen atoms in total. The Bertz CT molecular complexity index is 822. The number of benzene rings is 2. The smallest absolute Gasteiger partial charge is 0.252 e. The summed E-state index contributed by atoms with van der Waals surface area (Å²) in [6.45, 7) is 0. The summed E-state index contributed by atoms with van der Waals surface area (Å²) < 4.78 is 13.1. The molecule has 0 aromatic heterocycles. The minimum absolute atomic E-state index is 0.137. The van der Waals surface area contributed by atoms with E-state index in [2.05, 4.69) is 5.32 Å².